The van der Waals surface area contributed by atoms with E-state index in [9.17, 15) is 4.79 Å². The van der Waals surface area contributed by atoms with Gasteiger partial charge in [0.25, 0.3) is 0 Å². The third-order valence-corrected chi connectivity index (χ3v) is 7.28. The third-order valence-electron chi connectivity index (χ3n) is 6.47. The topological polar surface area (TPSA) is 59.4 Å². The first kappa shape index (κ1) is 19.8. The average Bonchev–Trinajstić information content (AvgIpc) is 3.47. The summed E-state index contributed by atoms with van der Waals surface area (Å²) in [5, 5.41) is 13.4. The molecule has 4 rings (SSSR count). The quantitative estimate of drug-likeness (QED) is 0.761. The molecule has 150 valence electrons. The van der Waals surface area contributed by atoms with Crippen LogP contribution in [0.4, 0.5) is 5.69 Å². The van der Waals surface area contributed by atoms with Gasteiger partial charge in [-0.1, -0.05) is 29.3 Å². The Bertz CT molecular complexity index is 775. The molecule has 2 saturated carbocycles. The van der Waals surface area contributed by atoms with E-state index in [1.54, 1.807) is 0 Å². The summed E-state index contributed by atoms with van der Waals surface area (Å²) in [6, 6.07) is 8.24. The number of carbonyl (C=O) groups is 1. The Balaban J connectivity index is 1.15. The lowest BCUT2D eigenvalue weighted by atomic mass is 9.78. The first-order valence-electron chi connectivity index (χ1n) is 10.1. The van der Waals surface area contributed by atoms with Crippen molar-refractivity contribution in [3.05, 3.63) is 28.2 Å². The van der Waals surface area contributed by atoms with Crippen LogP contribution < -0.4 is 10.2 Å². The lowest BCUT2D eigenvalue weighted by molar-refractivity contribution is -0.126. The normalized spacial score (nSPS) is 26.2. The minimum Gasteiger partial charge on any atom is -0.368 e. The number of halogens is 2. The van der Waals surface area contributed by atoms with Gasteiger partial charge in [0, 0.05) is 32.2 Å². The van der Waals surface area contributed by atoms with E-state index in [4.69, 9.17) is 28.5 Å². The standard InChI is InChI=1S/C21H26Cl2N4O/c22-17-2-1-3-18(19(17)23)27-10-8-26(9-11-27)7-4-15-12-16(13-15)25-20(28)21(14-24)5-6-21/h1-3,15-16H,4-13H2,(H,25,28). The van der Waals surface area contributed by atoms with Crippen LogP contribution in [0.5, 0.6) is 0 Å². The molecular formula is C21H26Cl2N4O. The van der Waals surface area contributed by atoms with Crippen molar-refractivity contribution in [2.45, 2.75) is 38.1 Å². The van der Waals surface area contributed by atoms with Gasteiger partial charge in [-0.2, -0.15) is 5.26 Å². The summed E-state index contributed by atoms with van der Waals surface area (Å²) in [4.78, 5) is 16.9. The molecule has 3 aliphatic rings. The number of nitrogens with one attached hydrogen (secondary N) is 1. The third kappa shape index (κ3) is 4.10. The highest BCUT2D eigenvalue weighted by Crippen LogP contribution is 2.45. The van der Waals surface area contributed by atoms with Crippen molar-refractivity contribution < 1.29 is 4.79 Å². The molecule has 2 aliphatic carbocycles. The summed E-state index contributed by atoms with van der Waals surface area (Å²) >= 11 is 12.5. The summed E-state index contributed by atoms with van der Waals surface area (Å²) in [5.74, 6) is 0.636. The molecule has 0 unspecified atom stereocenters. The molecule has 1 aromatic carbocycles. The zero-order valence-electron chi connectivity index (χ0n) is 16.0. The van der Waals surface area contributed by atoms with Gasteiger partial charge in [0.1, 0.15) is 5.41 Å². The van der Waals surface area contributed by atoms with Crippen LogP contribution in [0.1, 0.15) is 32.1 Å². The maximum absolute atomic E-state index is 12.1. The second-order valence-corrected chi connectivity index (χ2v) is 9.18. The lowest BCUT2D eigenvalue weighted by Crippen LogP contribution is -2.49. The van der Waals surface area contributed by atoms with Crippen molar-refractivity contribution in [2.24, 2.45) is 11.3 Å². The number of amides is 1. The molecule has 1 heterocycles. The highest BCUT2D eigenvalue weighted by molar-refractivity contribution is 6.43. The molecule has 1 N–H and O–H groups in total. The van der Waals surface area contributed by atoms with Crippen LogP contribution >= 0.6 is 23.2 Å². The number of hydrogen-bond acceptors (Lipinski definition) is 4. The van der Waals surface area contributed by atoms with Gasteiger partial charge in [0.15, 0.2) is 0 Å². The van der Waals surface area contributed by atoms with Gasteiger partial charge >= 0.3 is 0 Å². The largest absolute Gasteiger partial charge is 0.368 e. The Kier molecular flexibility index (Phi) is 5.73. The number of benzene rings is 1. The number of carbonyl (C=O) groups excluding carboxylic acids is 1. The summed E-state index contributed by atoms with van der Waals surface area (Å²) in [7, 11) is 0. The van der Waals surface area contributed by atoms with E-state index in [1.807, 2.05) is 18.2 Å². The Morgan fingerprint density at radius 3 is 2.57 bits per heavy atom. The van der Waals surface area contributed by atoms with E-state index < -0.39 is 5.41 Å². The molecule has 0 aromatic heterocycles. The zero-order chi connectivity index (χ0) is 19.7. The smallest absolute Gasteiger partial charge is 0.240 e. The van der Waals surface area contributed by atoms with Crippen molar-refractivity contribution in [1.82, 2.24) is 10.2 Å². The van der Waals surface area contributed by atoms with Crippen LogP contribution in [0.3, 0.4) is 0 Å². The monoisotopic (exact) mass is 420 g/mol. The van der Waals surface area contributed by atoms with Crippen molar-refractivity contribution in [3.8, 4) is 6.07 Å². The van der Waals surface area contributed by atoms with Crippen LogP contribution in [0.15, 0.2) is 18.2 Å². The molecular weight excluding hydrogens is 395 g/mol. The lowest BCUT2D eigenvalue weighted by Gasteiger charge is -2.40. The fourth-order valence-electron chi connectivity index (χ4n) is 4.24. The molecule has 3 fully saturated rings. The fourth-order valence-corrected chi connectivity index (χ4v) is 4.66. The number of anilines is 1. The van der Waals surface area contributed by atoms with Gasteiger partial charge in [-0.25, -0.2) is 0 Å². The van der Waals surface area contributed by atoms with Crippen LogP contribution in [-0.4, -0.2) is 49.6 Å². The maximum atomic E-state index is 12.1. The zero-order valence-corrected chi connectivity index (χ0v) is 17.5. The predicted octanol–water partition coefficient (Wildman–Crippen LogP) is 3.70. The van der Waals surface area contributed by atoms with Crippen LogP contribution in [0, 0.1) is 22.7 Å². The molecule has 0 spiro atoms. The van der Waals surface area contributed by atoms with Crippen LogP contribution in [0.25, 0.3) is 0 Å². The minimum absolute atomic E-state index is 0.0470. The summed E-state index contributed by atoms with van der Waals surface area (Å²) < 4.78 is 0. The van der Waals surface area contributed by atoms with Gasteiger partial charge in [-0.05, 0) is 56.7 Å². The van der Waals surface area contributed by atoms with E-state index >= 15 is 0 Å². The number of nitrogens with zero attached hydrogens (tertiary/aromatic N) is 3. The second kappa shape index (κ2) is 8.10. The first-order valence-corrected chi connectivity index (χ1v) is 10.9. The van der Waals surface area contributed by atoms with Crippen LogP contribution in [-0.2, 0) is 4.79 Å². The summed E-state index contributed by atoms with van der Waals surface area (Å²) in [5.41, 5.74) is 0.327. The molecule has 1 saturated heterocycles. The highest BCUT2D eigenvalue weighted by atomic mass is 35.5. The van der Waals surface area contributed by atoms with Gasteiger partial charge in [-0.3, -0.25) is 9.69 Å². The van der Waals surface area contributed by atoms with Crippen molar-refractivity contribution in [2.75, 3.05) is 37.6 Å². The molecule has 0 atom stereocenters. The maximum Gasteiger partial charge on any atom is 0.240 e. The Labute approximate surface area is 176 Å². The molecule has 0 bridgehead atoms. The van der Waals surface area contributed by atoms with Gasteiger partial charge in [0.2, 0.25) is 5.91 Å². The average molecular weight is 421 g/mol. The SMILES string of the molecule is N#CC1(C(=O)NC2CC(CCN3CCN(c4cccc(Cl)c4Cl)CC3)C2)CC1. The fraction of sp³-hybridized carbons (Fsp3) is 0.619. The molecule has 5 nitrogen and oxygen atoms in total. The van der Waals surface area contributed by atoms with Crippen LogP contribution in [0.2, 0.25) is 10.0 Å². The molecule has 28 heavy (non-hydrogen) atoms. The molecule has 7 heteroatoms. The van der Waals surface area contributed by atoms with Crippen molar-refractivity contribution >= 4 is 34.8 Å². The second-order valence-electron chi connectivity index (χ2n) is 8.39. The van der Waals surface area contributed by atoms with Gasteiger partial charge in [-0.15, -0.1) is 0 Å². The molecule has 1 aliphatic heterocycles. The first-order chi connectivity index (χ1) is 13.5. The summed E-state index contributed by atoms with van der Waals surface area (Å²) in [6.45, 7) is 5.07. The van der Waals surface area contributed by atoms with E-state index in [0.717, 1.165) is 64.1 Å². The van der Waals surface area contributed by atoms with Gasteiger partial charge < -0.3 is 10.2 Å². The van der Waals surface area contributed by atoms with E-state index in [0.29, 0.717) is 16.0 Å². The van der Waals surface area contributed by atoms with E-state index in [-0.39, 0.29) is 11.9 Å². The Hall–Kier alpha value is -1.48. The number of piperazine rings is 1. The van der Waals surface area contributed by atoms with Gasteiger partial charge in [0.05, 0.1) is 21.8 Å². The van der Waals surface area contributed by atoms with E-state index in [1.165, 1.54) is 6.42 Å². The Morgan fingerprint density at radius 1 is 1.21 bits per heavy atom. The molecule has 1 amide bonds. The summed E-state index contributed by atoms with van der Waals surface area (Å²) in [6.07, 6.45) is 4.71. The van der Waals surface area contributed by atoms with Crippen molar-refractivity contribution in [1.29, 1.82) is 5.26 Å². The predicted molar refractivity (Wildman–Crippen MR) is 112 cm³/mol. The minimum atomic E-state index is -0.698. The molecule has 1 aromatic rings. The van der Waals surface area contributed by atoms with Crippen molar-refractivity contribution in [3.63, 3.8) is 0 Å². The number of hydrogen-bond donors (Lipinski definition) is 1. The highest BCUT2D eigenvalue weighted by Gasteiger charge is 2.51. The Morgan fingerprint density at radius 2 is 1.93 bits per heavy atom. The number of nitriles is 1. The van der Waals surface area contributed by atoms with E-state index in [2.05, 4.69) is 21.2 Å². The molecule has 0 radical (unpaired) electrons. The number of rotatable bonds is 6.